The van der Waals surface area contributed by atoms with E-state index in [4.69, 9.17) is 4.74 Å². The fourth-order valence-corrected chi connectivity index (χ4v) is 2.30. The van der Waals surface area contributed by atoms with Gasteiger partial charge in [0.05, 0.1) is 0 Å². The van der Waals surface area contributed by atoms with Crippen molar-refractivity contribution in [3.05, 3.63) is 71.9 Å². The lowest BCUT2D eigenvalue weighted by Crippen LogP contribution is -2.01. The number of hydrogen-bond acceptors (Lipinski definition) is 3. The standard InChI is InChI=1S/C18H15NO2/c20-12-10-16-9-8-15-7-4-11-19-17(15)18(16)21-13-14-5-2-1-3-6-14/h1-9,11-12H,10,13H2. The van der Waals surface area contributed by atoms with Crippen molar-refractivity contribution in [1.82, 2.24) is 4.98 Å². The van der Waals surface area contributed by atoms with Gasteiger partial charge < -0.3 is 9.53 Å². The molecule has 0 radical (unpaired) electrons. The van der Waals surface area contributed by atoms with E-state index in [0.717, 1.165) is 28.3 Å². The van der Waals surface area contributed by atoms with Crippen LogP contribution >= 0.6 is 0 Å². The van der Waals surface area contributed by atoms with Gasteiger partial charge in [-0.05, 0) is 11.6 Å². The van der Waals surface area contributed by atoms with Crippen molar-refractivity contribution in [3.63, 3.8) is 0 Å². The number of ether oxygens (including phenoxy) is 1. The topological polar surface area (TPSA) is 39.2 Å². The fraction of sp³-hybridized carbons (Fsp3) is 0.111. The first-order chi connectivity index (χ1) is 10.4. The van der Waals surface area contributed by atoms with Gasteiger partial charge in [0.25, 0.3) is 0 Å². The Labute approximate surface area is 123 Å². The SMILES string of the molecule is O=CCc1ccc2cccnc2c1OCc1ccccc1. The number of carbonyl (C=O) groups is 1. The smallest absolute Gasteiger partial charge is 0.149 e. The first-order valence-electron chi connectivity index (χ1n) is 6.85. The minimum Gasteiger partial charge on any atom is -0.486 e. The van der Waals surface area contributed by atoms with E-state index in [0.29, 0.717) is 18.8 Å². The highest BCUT2D eigenvalue weighted by Gasteiger charge is 2.10. The van der Waals surface area contributed by atoms with Crippen LogP contribution in [-0.2, 0) is 17.8 Å². The highest BCUT2D eigenvalue weighted by molar-refractivity contribution is 5.86. The van der Waals surface area contributed by atoms with Gasteiger partial charge in [-0.2, -0.15) is 0 Å². The van der Waals surface area contributed by atoms with Gasteiger partial charge in [-0.3, -0.25) is 4.98 Å². The summed E-state index contributed by atoms with van der Waals surface area (Å²) in [5, 5.41) is 1.01. The highest BCUT2D eigenvalue weighted by atomic mass is 16.5. The average Bonchev–Trinajstić information content (AvgIpc) is 2.55. The maximum Gasteiger partial charge on any atom is 0.149 e. The van der Waals surface area contributed by atoms with Crippen LogP contribution in [-0.4, -0.2) is 11.3 Å². The molecule has 3 rings (SSSR count). The number of pyridine rings is 1. The second-order valence-electron chi connectivity index (χ2n) is 4.77. The van der Waals surface area contributed by atoms with Gasteiger partial charge >= 0.3 is 0 Å². The van der Waals surface area contributed by atoms with Gasteiger partial charge in [0, 0.05) is 23.6 Å². The van der Waals surface area contributed by atoms with Crippen LogP contribution in [0.25, 0.3) is 10.9 Å². The zero-order valence-electron chi connectivity index (χ0n) is 11.5. The minimum absolute atomic E-state index is 0.330. The Kier molecular flexibility index (Phi) is 3.92. The molecule has 104 valence electrons. The van der Waals surface area contributed by atoms with Crippen molar-refractivity contribution in [3.8, 4) is 5.75 Å². The molecule has 0 fully saturated rings. The summed E-state index contributed by atoms with van der Waals surface area (Å²) >= 11 is 0. The predicted octanol–water partition coefficient (Wildman–Crippen LogP) is 3.56. The third-order valence-corrected chi connectivity index (χ3v) is 3.34. The van der Waals surface area contributed by atoms with Crippen molar-refractivity contribution < 1.29 is 9.53 Å². The molecule has 1 heterocycles. The Morgan fingerprint density at radius 2 is 1.86 bits per heavy atom. The fourth-order valence-electron chi connectivity index (χ4n) is 2.30. The summed E-state index contributed by atoms with van der Waals surface area (Å²) < 4.78 is 5.97. The van der Waals surface area contributed by atoms with Crippen LogP contribution in [0.2, 0.25) is 0 Å². The third-order valence-electron chi connectivity index (χ3n) is 3.34. The first-order valence-corrected chi connectivity index (χ1v) is 6.85. The first kappa shape index (κ1) is 13.3. The number of aldehydes is 1. The molecule has 21 heavy (non-hydrogen) atoms. The van der Waals surface area contributed by atoms with E-state index in [1.165, 1.54) is 0 Å². The number of benzene rings is 2. The molecule has 0 spiro atoms. The summed E-state index contributed by atoms with van der Waals surface area (Å²) in [6, 6.07) is 17.7. The van der Waals surface area contributed by atoms with Crippen molar-refractivity contribution >= 4 is 17.2 Å². The molecule has 1 aromatic heterocycles. The van der Waals surface area contributed by atoms with E-state index in [9.17, 15) is 4.79 Å². The van der Waals surface area contributed by atoms with Gasteiger partial charge in [-0.1, -0.05) is 48.5 Å². The molecule has 0 aliphatic rings. The van der Waals surface area contributed by atoms with Crippen molar-refractivity contribution in [1.29, 1.82) is 0 Å². The number of rotatable bonds is 5. The lowest BCUT2D eigenvalue weighted by Gasteiger charge is -2.12. The maximum absolute atomic E-state index is 10.9. The van der Waals surface area contributed by atoms with E-state index >= 15 is 0 Å². The van der Waals surface area contributed by atoms with Gasteiger partial charge in [0.2, 0.25) is 0 Å². The summed E-state index contributed by atoms with van der Waals surface area (Å²) in [4.78, 5) is 15.3. The summed E-state index contributed by atoms with van der Waals surface area (Å²) in [7, 11) is 0. The van der Waals surface area contributed by atoms with E-state index in [1.807, 2.05) is 54.6 Å². The normalized spacial score (nSPS) is 10.5. The number of fused-ring (bicyclic) bond motifs is 1. The average molecular weight is 277 g/mol. The lowest BCUT2D eigenvalue weighted by molar-refractivity contribution is -0.107. The Morgan fingerprint density at radius 1 is 1.00 bits per heavy atom. The molecule has 0 N–H and O–H groups in total. The highest BCUT2D eigenvalue weighted by Crippen LogP contribution is 2.29. The third kappa shape index (κ3) is 2.92. The molecule has 0 aliphatic heterocycles. The van der Waals surface area contributed by atoms with Gasteiger partial charge in [0.15, 0.2) is 0 Å². The van der Waals surface area contributed by atoms with Crippen LogP contribution in [0.5, 0.6) is 5.75 Å². The second-order valence-corrected chi connectivity index (χ2v) is 4.77. The molecule has 0 aliphatic carbocycles. The van der Waals surface area contributed by atoms with Crippen molar-refractivity contribution in [2.45, 2.75) is 13.0 Å². The summed E-state index contributed by atoms with van der Waals surface area (Å²) in [6.07, 6.45) is 2.96. The molecule has 0 atom stereocenters. The summed E-state index contributed by atoms with van der Waals surface area (Å²) in [5.74, 6) is 0.698. The molecule has 3 heteroatoms. The molecular formula is C18H15NO2. The minimum atomic E-state index is 0.330. The van der Waals surface area contributed by atoms with Crippen molar-refractivity contribution in [2.75, 3.05) is 0 Å². The quantitative estimate of drug-likeness (QED) is 0.669. The largest absolute Gasteiger partial charge is 0.486 e. The molecule has 0 saturated heterocycles. The predicted molar refractivity (Wildman–Crippen MR) is 82.3 cm³/mol. The number of hydrogen-bond donors (Lipinski definition) is 0. The van der Waals surface area contributed by atoms with Crippen LogP contribution < -0.4 is 4.74 Å². The zero-order valence-corrected chi connectivity index (χ0v) is 11.5. The Balaban J connectivity index is 1.98. The molecule has 0 amide bonds. The molecule has 3 aromatic rings. The molecule has 2 aromatic carbocycles. The Bertz CT molecular complexity index is 754. The van der Waals surface area contributed by atoms with Crippen LogP contribution in [0.15, 0.2) is 60.8 Å². The molecule has 0 saturated carbocycles. The maximum atomic E-state index is 10.9. The van der Waals surface area contributed by atoms with Gasteiger partial charge in [-0.25, -0.2) is 0 Å². The molecule has 3 nitrogen and oxygen atoms in total. The van der Waals surface area contributed by atoms with E-state index in [1.54, 1.807) is 6.20 Å². The summed E-state index contributed by atoms with van der Waals surface area (Å²) in [5.41, 5.74) is 2.75. The number of nitrogens with zero attached hydrogens (tertiary/aromatic N) is 1. The second kappa shape index (κ2) is 6.18. The molecule has 0 unspecified atom stereocenters. The van der Waals surface area contributed by atoms with Gasteiger partial charge in [-0.15, -0.1) is 0 Å². The van der Waals surface area contributed by atoms with E-state index in [-0.39, 0.29) is 0 Å². The number of aromatic nitrogens is 1. The van der Waals surface area contributed by atoms with Crippen LogP contribution in [0.4, 0.5) is 0 Å². The van der Waals surface area contributed by atoms with Crippen LogP contribution in [0.1, 0.15) is 11.1 Å². The summed E-state index contributed by atoms with van der Waals surface area (Å²) in [6.45, 7) is 0.461. The molecule has 0 bridgehead atoms. The van der Waals surface area contributed by atoms with E-state index in [2.05, 4.69) is 4.98 Å². The number of carbonyl (C=O) groups excluding carboxylic acids is 1. The van der Waals surface area contributed by atoms with Crippen LogP contribution in [0.3, 0.4) is 0 Å². The van der Waals surface area contributed by atoms with Crippen molar-refractivity contribution in [2.24, 2.45) is 0 Å². The Hall–Kier alpha value is -2.68. The zero-order chi connectivity index (χ0) is 14.5. The molecular weight excluding hydrogens is 262 g/mol. The van der Waals surface area contributed by atoms with Crippen LogP contribution in [0, 0.1) is 0 Å². The lowest BCUT2D eigenvalue weighted by atomic mass is 10.1. The Morgan fingerprint density at radius 3 is 2.67 bits per heavy atom. The van der Waals surface area contributed by atoms with Gasteiger partial charge in [0.1, 0.15) is 24.2 Å². The monoisotopic (exact) mass is 277 g/mol. The van der Waals surface area contributed by atoms with E-state index < -0.39 is 0 Å².